The average molecular weight is 202 g/mol. The second-order valence-corrected chi connectivity index (χ2v) is 4.42. The fourth-order valence-electron chi connectivity index (χ4n) is 2.01. The predicted octanol–water partition coefficient (Wildman–Crippen LogP) is 3.79. The van der Waals surface area contributed by atoms with Gasteiger partial charge in [0.15, 0.2) is 0 Å². The Balaban J connectivity index is 2.24. The topological polar surface area (TPSA) is 9.23 Å². The molecule has 0 fully saturated rings. The van der Waals surface area contributed by atoms with E-state index in [1.807, 2.05) is 0 Å². The molecule has 0 saturated carbocycles. The second-order valence-electron chi connectivity index (χ2n) is 4.42. The van der Waals surface area contributed by atoms with Gasteiger partial charge in [-0.25, -0.2) is 0 Å². The minimum atomic E-state index is 0.259. The third-order valence-corrected chi connectivity index (χ3v) is 3.26. The van der Waals surface area contributed by atoms with Crippen LogP contribution in [0.1, 0.15) is 37.5 Å². The molecule has 1 heteroatoms. The van der Waals surface area contributed by atoms with Crippen LogP contribution in [0.2, 0.25) is 0 Å². The number of rotatable bonds is 1. The Morgan fingerprint density at radius 3 is 2.47 bits per heavy atom. The van der Waals surface area contributed by atoms with Crippen LogP contribution in [0.5, 0.6) is 0 Å². The summed E-state index contributed by atoms with van der Waals surface area (Å²) in [5.41, 5.74) is 5.54. The molecule has 0 saturated heterocycles. The van der Waals surface area contributed by atoms with Gasteiger partial charge < -0.3 is 4.74 Å². The molecule has 1 aliphatic heterocycles. The molecule has 15 heavy (non-hydrogen) atoms. The summed E-state index contributed by atoms with van der Waals surface area (Å²) in [6, 6.07) is 8.49. The first-order valence-electron chi connectivity index (χ1n) is 5.51. The van der Waals surface area contributed by atoms with Crippen LogP contribution < -0.4 is 0 Å². The van der Waals surface area contributed by atoms with Crippen molar-refractivity contribution in [3.05, 3.63) is 46.5 Å². The van der Waals surface area contributed by atoms with E-state index >= 15 is 0 Å². The lowest BCUT2D eigenvalue weighted by Crippen LogP contribution is -2.14. The maximum Gasteiger partial charge on any atom is 0.0868 e. The van der Waals surface area contributed by atoms with E-state index < -0.39 is 0 Å². The van der Waals surface area contributed by atoms with Crippen LogP contribution in [0.4, 0.5) is 0 Å². The molecule has 1 nitrogen and oxygen atoms in total. The van der Waals surface area contributed by atoms with Crippen molar-refractivity contribution in [2.24, 2.45) is 0 Å². The SMILES string of the molecule is CC1=C(C)CC(c2ccccc2C)OC1. The van der Waals surface area contributed by atoms with Crippen molar-refractivity contribution in [2.45, 2.75) is 33.3 Å². The van der Waals surface area contributed by atoms with E-state index in [0.717, 1.165) is 13.0 Å². The molecule has 2 rings (SSSR count). The number of hydrogen-bond donors (Lipinski definition) is 0. The van der Waals surface area contributed by atoms with Crippen molar-refractivity contribution < 1.29 is 4.74 Å². The molecule has 1 heterocycles. The molecule has 80 valence electrons. The first-order chi connectivity index (χ1) is 7.18. The summed E-state index contributed by atoms with van der Waals surface area (Å²) in [6.45, 7) is 7.30. The largest absolute Gasteiger partial charge is 0.369 e. The molecule has 0 radical (unpaired) electrons. The van der Waals surface area contributed by atoms with Crippen LogP contribution in [0, 0.1) is 6.92 Å². The Bertz CT molecular complexity index is 390. The Labute approximate surface area is 91.8 Å². The summed E-state index contributed by atoms with van der Waals surface area (Å²) >= 11 is 0. The van der Waals surface area contributed by atoms with E-state index in [-0.39, 0.29) is 6.10 Å². The minimum Gasteiger partial charge on any atom is -0.369 e. The average Bonchev–Trinajstić information content (AvgIpc) is 2.23. The zero-order valence-electron chi connectivity index (χ0n) is 9.71. The first kappa shape index (κ1) is 10.4. The maximum atomic E-state index is 5.87. The van der Waals surface area contributed by atoms with Gasteiger partial charge in [-0.2, -0.15) is 0 Å². The van der Waals surface area contributed by atoms with E-state index in [4.69, 9.17) is 4.74 Å². The van der Waals surface area contributed by atoms with Crippen LogP contribution in [0.15, 0.2) is 35.4 Å². The molecular formula is C14H18O. The summed E-state index contributed by atoms with van der Waals surface area (Å²) in [5, 5.41) is 0. The normalized spacial score (nSPS) is 21.9. The zero-order valence-corrected chi connectivity index (χ0v) is 9.71. The van der Waals surface area contributed by atoms with Gasteiger partial charge in [0.25, 0.3) is 0 Å². The lowest BCUT2D eigenvalue weighted by Gasteiger charge is -2.26. The Hall–Kier alpha value is -1.08. The quantitative estimate of drug-likeness (QED) is 0.629. The number of hydrogen-bond acceptors (Lipinski definition) is 1. The number of aryl methyl sites for hydroxylation is 1. The Morgan fingerprint density at radius 1 is 1.07 bits per heavy atom. The van der Waals surface area contributed by atoms with Gasteiger partial charge in [-0.05, 0) is 43.9 Å². The molecule has 0 aliphatic carbocycles. The minimum absolute atomic E-state index is 0.259. The molecule has 1 aliphatic rings. The van der Waals surface area contributed by atoms with Gasteiger partial charge in [-0.3, -0.25) is 0 Å². The lowest BCUT2D eigenvalue weighted by atomic mass is 9.94. The number of ether oxygens (including phenoxy) is 1. The molecule has 1 aromatic carbocycles. The summed E-state index contributed by atoms with van der Waals surface area (Å²) in [4.78, 5) is 0. The van der Waals surface area contributed by atoms with E-state index in [9.17, 15) is 0 Å². The monoisotopic (exact) mass is 202 g/mol. The highest BCUT2D eigenvalue weighted by molar-refractivity contribution is 5.30. The van der Waals surface area contributed by atoms with E-state index in [2.05, 4.69) is 45.0 Å². The van der Waals surface area contributed by atoms with E-state index in [1.54, 1.807) is 0 Å². The van der Waals surface area contributed by atoms with Gasteiger partial charge in [-0.15, -0.1) is 0 Å². The third-order valence-electron chi connectivity index (χ3n) is 3.26. The molecule has 1 atom stereocenters. The standard InChI is InChI=1S/C14H18O/c1-10-6-4-5-7-13(10)14-8-11(2)12(3)9-15-14/h4-7,14H,8-9H2,1-3H3. The smallest absolute Gasteiger partial charge is 0.0868 e. The summed E-state index contributed by atoms with van der Waals surface area (Å²) in [5.74, 6) is 0. The van der Waals surface area contributed by atoms with Gasteiger partial charge >= 0.3 is 0 Å². The first-order valence-corrected chi connectivity index (χ1v) is 5.51. The number of benzene rings is 1. The molecule has 0 N–H and O–H groups in total. The van der Waals surface area contributed by atoms with Crippen LogP contribution in [-0.2, 0) is 4.74 Å². The van der Waals surface area contributed by atoms with Gasteiger partial charge in [0.1, 0.15) is 0 Å². The Morgan fingerprint density at radius 2 is 1.80 bits per heavy atom. The molecule has 1 unspecified atom stereocenters. The van der Waals surface area contributed by atoms with Crippen molar-refractivity contribution in [1.29, 1.82) is 0 Å². The van der Waals surface area contributed by atoms with Crippen molar-refractivity contribution in [3.8, 4) is 0 Å². The van der Waals surface area contributed by atoms with E-state index in [1.165, 1.54) is 22.3 Å². The summed E-state index contributed by atoms with van der Waals surface area (Å²) in [6.07, 6.45) is 1.30. The highest BCUT2D eigenvalue weighted by Gasteiger charge is 2.19. The van der Waals surface area contributed by atoms with Crippen molar-refractivity contribution in [3.63, 3.8) is 0 Å². The lowest BCUT2D eigenvalue weighted by molar-refractivity contribution is 0.0574. The van der Waals surface area contributed by atoms with Gasteiger partial charge in [0.2, 0.25) is 0 Å². The van der Waals surface area contributed by atoms with Gasteiger partial charge in [0.05, 0.1) is 12.7 Å². The van der Waals surface area contributed by atoms with E-state index in [0.29, 0.717) is 0 Å². The molecule has 0 spiro atoms. The summed E-state index contributed by atoms with van der Waals surface area (Å²) in [7, 11) is 0. The zero-order chi connectivity index (χ0) is 10.8. The van der Waals surface area contributed by atoms with Crippen LogP contribution in [0.25, 0.3) is 0 Å². The maximum absolute atomic E-state index is 5.87. The van der Waals surface area contributed by atoms with Crippen molar-refractivity contribution in [1.82, 2.24) is 0 Å². The van der Waals surface area contributed by atoms with Gasteiger partial charge in [0, 0.05) is 0 Å². The van der Waals surface area contributed by atoms with Crippen molar-refractivity contribution in [2.75, 3.05) is 6.61 Å². The van der Waals surface area contributed by atoms with Crippen LogP contribution >= 0.6 is 0 Å². The molecule has 0 aromatic heterocycles. The molecule has 1 aromatic rings. The third kappa shape index (κ3) is 2.13. The van der Waals surface area contributed by atoms with Crippen LogP contribution in [-0.4, -0.2) is 6.61 Å². The fraction of sp³-hybridized carbons (Fsp3) is 0.429. The van der Waals surface area contributed by atoms with Crippen molar-refractivity contribution >= 4 is 0 Å². The van der Waals surface area contributed by atoms with Gasteiger partial charge in [-0.1, -0.05) is 29.8 Å². The Kier molecular flexibility index (Phi) is 2.92. The fourth-order valence-corrected chi connectivity index (χ4v) is 2.01. The predicted molar refractivity (Wildman–Crippen MR) is 62.9 cm³/mol. The molecule has 0 bridgehead atoms. The molecular weight excluding hydrogens is 184 g/mol. The highest BCUT2D eigenvalue weighted by Crippen LogP contribution is 2.32. The second kappa shape index (κ2) is 4.19. The van der Waals surface area contributed by atoms with Crippen LogP contribution in [0.3, 0.4) is 0 Å². The molecule has 0 amide bonds. The highest BCUT2D eigenvalue weighted by atomic mass is 16.5. The summed E-state index contributed by atoms with van der Waals surface area (Å²) < 4.78 is 5.87.